The largest absolute Gasteiger partial charge is 0.341 e. The third-order valence-corrected chi connectivity index (χ3v) is 6.00. The lowest BCUT2D eigenvalue weighted by Crippen LogP contribution is -2.53. The first-order valence-corrected chi connectivity index (χ1v) is 10.9. The first-order chi connectivity index (χ1) is 13.6. The molecule has 3 rings (SSSR count). The normalized spacial score (nSPS) is 20.4. The van der Waals surface area contributed by atoms with Gasteiger partial charge in [0.25, 0.3) is 0 Å². The van der Waals surface area contributed by atoms with Crippen molar-refractivity contribution in [2.75, 3.05) is 32.7 Å². The summed E-state index contributed by atoms with van der Waals surface area (Å²) >= 11 is 0. The van der Waals surface area contributed by atoms with Gasteiger partial charge in [0.2, 0.25) is 11.8 Å². The number of hydrogen-bond acceptors (Lipinski definition) is 3. The molecule has 28 heavy (non-hydrogen) atoms. The third-order valence-electron chi connectivity index (χ3n) is 6.00. The number of benzene rings is 1. The Morgan fingerprint density at radius 1 is 1.04 bits per heavy atom. The summed E-state index contributed by atoms with van der Waals surface area (Å²) in [6.45, 7) is 8.55. The van der Waals surface area contributed by atoms with Crippen LogP contribution in [0.1, 0.15) is 56.6 Å². The Hall–Kier alpha value is -1.88. The molecule has 2 fully saturated rings. The second-order valence-corrected chi connectivity index (χ2v) is 8.32. The van der Waals surface area contributed by atoms with Crippen LogP contribution in [0.15, 0.2) is 24.3 Å². The maximum atomic E-state index is 13.1. The Kier molecular flexibility index (Phi) is 7.49. The summed E-state index contributed by atoms with van der Waals surface area (Å²) in [4.78, 5) is 32.2. The molecule has 0 N–H and O–H groups in total. The monoisotopic (exact) mass is 385 g/mol. The fourth-order valence-electron chi connectivity index (χ4n) is 4.36. The van der Waals surface area contributed by atoms with Crippen LogP contribution in [-0.2, 0) is 16.1 Å². The van der Waals surface area contributed by atoms with Crippen molar-refractivity contribution in [2.24, 2.45) is 0 Å². The van der Waals surface area contributed by atoms with Crippen LogP contribution in [0.25, 0.3) is 0 Å². The molecule has 154 valence electrons. The molecule has 2 saturated heterocycles. The van der Waals surface area contributed by atoms with Crippen molar-refractivity contribution in [3.05, 3.63) is 35.4 Å². The highest BCUT2D eigenvalue weighted by atomic mass is 16.2. The molecular weight excluding hydrogens is 350 g/mol. The van der Waals surface area contributed by atoms with Crippen LogP contribution in [0, 0.1) is 6.92 Å². The topological polar surface area (TPSA) is 43.9 Å². The van der Waals surface area contributed by atoms with Crippen molar-refractivity contribution in [1.82, 2.24) is 14.7 Å². The van der Waals surface area contributed by atoms with Gasteiger partial charge in [-0.1, -0.05) is 43.2 Å². The Bertz CT molecular complexity index is 652. The number of piperidine rings is 1. The van der Waals surface area contributed by atoms with E-state index in [-0.39, 0.29) is 17.9 Å². The second kappa shape index (κ2) is 10.1. The number of carbonyl (C=O) groups excluding carboxylic acids is 2. The number of aryl methyl sites for hydroxylation is 1. The van der Waals surface area contributed by atoms with E-state index < -0.39 is 0 Å². The smallest absolute Gasteiger partial charge is 0.239 e. The average molecular weight is 386 g/mol. The predicted molar refractivity (Wildman–Crippen MR) is 112 cm³/mol. The van der Waals surface area contributed by atoms with Gasteiger partial charge in [0.15, 0.2) is 0 Å². The van der Waals surface area contributed by atoms with Gasteiger partial charge in [-0.05, 0) is 51.1 Å². The van der Waals surface area contributed by atoms with Gasteiger partial charge in [0.05, 0.1) is 12.6 Å². The quantitative estimate of drug-likeness (QED) is 0.724. The van der Waals surface area contributed by atoms with E-state index in [1.54, 1.807) is 0 Å². The van der Waals surface area contributed by atoms with Crippen molar-refractivity contribution in [3.63, 3.8) is 0 Å². The van der Waals surface area contributed by atoms with Crippen LogP contribution in [0.5, 0.6) is 0 Å². The molecule has 0 bridgehead atoms. The first-order valence-electron chi connectivity index (χ1n) is 10.9. The van der Waals surface area contributed by atoms with E-state index in [0.29, 0.717) is 13.1 Å². The highest BCUT2D eigenvalue weighted by molar-refractivity contribution is 5.84. The van der Waals surface area contributed by atoms with Crippen molar-refractivity contribution in [3.8, 4) is 0 Å². The SMILES string of the molecule is CCCN(Cc1ccc(C)cc1)C(=O)CN1CCCCC1C(=O)N1CCCC1. The van der Waals surface area contributed by atoms with Gasteiger partial charge in [-0.3, -0.25) is 14.5 Å². The molecule has 0 aliphatic carbocycles. The number of likely N-dealkylation sites (tertiary alicyclic amines) is 2. The highest BCUT2D eigenvalue weighted by Crippen LogP contribution is 2.21. The highest BCUT2D eigenvalue weighted by Gasteiger charge is 2.34. The summed E-state index contributed by atoms with van der Waals surface area (Å²) in [6.07, 6.45) is 6.19. The maximum Gasteiger partial charge on any atom is 0.239 e. The molecule has 0 saturated carbocycles. The van der Waals surface area contributed by atoms with E-state index in [1.807, 2.05) is 9.80 Å². The summed E-state index contributed by atoms with van der Waals surface area (Å²) in [6, 6.07) is 8.29. The van der Waals surface area contributed by atoms with Gasteiger partial charge in [0.1, 0.15) is 0 Å². The lowest BCUT2D eigenvalue weighted by Gasteiger charge is -2.37. The Labute approximate surface area is 169 Å². The van der Waals surface area contributed by atoms with E-state index in [1.165, 1.54) is 5.56 Å². The van der Waals surface area contributed by atoms with Crippen LogP contribution in [0.4, 0.5) is 0 Å². The Morgan fingerprint density at radius 3 is 2.39 bits per heavy atom. The fourth-order valence-corrected chi connectivity index (χ4v) is 4.36. The van der Waals surface area contributed by atoms with Crippen molar-refractivity contribution < 1.29 is 9.59 Å². The summed E-state index contributed by atoms with van der Waals surface area (Å²) in [5.74, 6) is 0.383. The van der Waals surface area contributed by atoms with E-state index in [0.717, 1.165) is 70.3 Å². The zero-order valence-electron chi connectivity index (χ0n) is 17.5. The molecule has 1 aromatic carbocycles. The molecule has 0 radical (unpaired) electrons. The van der Waals surface area contributed by atoms with E-state index in [2.05, 4.69) is 43.0 Å². The molecule has 5 nitrogen and oxygen atoms in total. The molecule has 1 atom stereocenters. The lowest BCUT2D eigenvalue weighted by atomic mass is 10.0. The van der Waals surface area contributed by atoms with Crippen molar-refractivity contribution in [2.45, 2.75) is 65.0 Å². The molecular formula is C23H35N3O2. The molecule has 0 spiro atoms. The lowest BCUT2D eigenvalue weighted by molar-refractivity contribution is -0.140. The molecule has 0 aromatic heterocycles. The van der Waals surface area contributed by atoms with E-state index in [4.69, 9.17) is 0 Å². The summed E-state index contributed by atoms with van der Waals surface area (Å²) in [7, 11) is 0. The summed E-state index contributed by atoms with van der Waals surface area (Å²) in [5, 5.41) is 0. The average Bonchev–Trinajstić information content (AvgIpc) is 3.24. The van der Waals surface area contributed by atoms with Gasteiger partial charge in [0, 0.05) is 26.2 Å². The molecule has 2 amide bonds. The fraction of sp³-hybridized carbons (Fsp3) is 0.652. The maximum absolute atomic E-state index is 13.1. The number of nitrogens with zero attached hydrogens (tertiary/aromatic N) is 3. The Balaban J connectivity index is 1.64. The molecule has 2 heterocycles. The molecule has 2 aliphatic heterocycles. The molecule has 1 aromatic rings. The van der Waals surface area contributed by atoms with Gasteiger partial charge >= 0.3 is 0 Å². The van der Waals surface area contributed by atoms with Crippen LogP contribution in [-0.4, -0.2) is 65.3 Å². The third kappa shape index (κ3) is 5.34. The second-order valence-electron chi connectivity index (χ2n) is 8.32. The van der Waals surface area contributed by atoms with E-state index in [9.17, 15) is 9.59 Å². The molecule has 1 unspecified atom stereocenters. The van der Waals surface area contributed by atoms with Crippen molar-refractivity contribution in [1.29, 1.82) is 0 Å². The van der Waals surface area contributed by atoms with Crippen molar-refractivity contribution >= 4 is 11.8 Å². The number of rotatable bonds is 7. The first kappa shape index (κ1) is 20.8. The minimum Gasteiger partial charge on any atom is -0.341 e. The number of amides is 2. The van der Waals surface area contributed by atoms with Gasteiger partial charge in [-0.25, -0.2) is 0 Å². The number of carbonyl (C=O) groups is 2. The summed E-state index contributed by atoms with van der Waals surface area (Å²) in [5.41, 5.74) is 2.39. The van der Waals surface area contributed by atoms with Gasteiger partial charge in [-0.2, -0.15) is 0 Å². The Morgan fingerprint density at radius 2 is 1.71 bits per heavy atom. The van der Waals surface area contributed by atoms with Gasteiger partial charge < -0.3 is 9.80 Å². The predicted octanol–water partition coefficient (Wildman–Crippen LogP) is 3.21. The number of hydrogen-bond donors (Lipinski definition) is 0. The van der Waals surface area contributed by atoms with Crippen LogP contribution in [0.2, 0.25) is 0 Å². The van der Waals surface area contributed by atoms with E-state index >= 15 is 0 Å². The van der Waals surface area contributed by atoms with Crippen LogP contribution >= 0.6 is 0 Å². The zero-order valence-corrected chi connectivity index (χ0v) is 17.5. The van der Waals surface area contributed by atoms with Crippen LogP contribution < -0.4 is 0 Å². The summed E-state index contributed by atoms with van der Waals surface area (Å²) < 4.78 is 0. The molecule has 5 heteroatoms. The zero-order chi connectivity index (χ0) is 19.9. The minimum atomic E-state index is -0.112. The molecule has 2 aliphatic rings. The minimum absolute atomic E-state index is 0.112. The van der Waals surface area contributed by atoms with Gasteiger partial charge in [-0.15, -0.1) is 0 Å². The standard InChI is InChI=1S/C23H35N3O2/c1-3-13-26(17-20-11-9-19(2)10-12-20)22(27)18-25-16-5-4-8-21(25)23(28)24-14-6-7-15-24/h9-12,21H,3-8,13-18H2,1-2H3. The van der Waals surface area contributed by atoms with Crippen LogP contribution in [0.3, 0.4) is 0 Å².